The standard InChI is InChI=1S/C52H31IN2O/c1-2-15-32(16-3-1)49-53-50(41-24-14-23-39-38-21-9-13-28-47(38)56-48(39)41)55-51(54-49)40-22-5-4-17-34(40)33-29-30-46-42(31-33)37-20-8-12-27-45(37)52(46)43-25-10-6-18-35(43)36-19-7-11-26-44(36)52/h1-31H. The second kappa shape index (κ2) is 12.3. The summed E-state index contributed by atoms with van der Waals surface area (Å²) in [6.45, 7) is 0. The van der Waals surface area contributed by atoms with Crippen molar-refractivity contribution < 1.29 is 4.42 Å². The SMILES string of the molecule is c1ccc(C2=NC(c3ccccc3-c3ccc4c(c3)-c3ccccc3C43c4ccccc4-c4ccccc43)=NC(c3cccc4c3oc3ccccc34)=I2)cc1. The molecule has 2 aliphatic carbocycles. The summed E-state index contributed by atoms with van der Waals surface area (Å²) in [4.78, 5) is 10.8. The number of fused-ring (bicyclic) bond motifs is 13. The number of halogens is 1. The van der Waals surface area contributed by atoms with Crippen LogP contribution in [0.3, 0.4) is 0 Å². The van der Waals surface area contributed by atoms with Gasteiger partial charge in [-0.25, -0.2) is 9.98 Å². The number of rotatable bonds is 4. The average Bonchev–Trinajstić information content (AvgIpc) is 3.91. The first-order valence-electron chi connectivity index (χ1n) is 19.0. The lowest BCUT2D eigenvalue weighted by atomic mass is 9.70. The number of nitrogens with zero attached hydrogens (tertiary/aromatic N) is 2. The van der Waals surface area contributed by atoms with Gasteiger partial charge in [0.15, 0.2) is 5.84 Å². The van der Waals surface area contributed by atoms with Gasteiger partial charge >= 0.3 is 0 Å². The van der Waals surface area contributed by atoms with Crippen LogP contribution in [0.5, 0.6) is 0 Å². The molecule has 0 atom stereocenters. The van der Waals surface area contributed by atoms with Gasteiger partial charge in [-0.15, -0.1) is 0 Å². The summed E-state index contributed by atoms with van der Waals surface area (Å²) in [6, 6.07) is 68.0. The second-order valence-corrected chi connectivity index (χ2v) is 17.1. The normalized spacial score (nSPS) is 14.7. The molecule has 0 radical (unpaired) electrons. The number of hydrogen-bond donors (Lipinski definition) is 0. The van der Waals surface area contributed by atoms with Crippen LogP contribution in [0, 0.1) is 0 Å². The highest BCUT2D eigenvalue weighted by atomic mass is 127. The van der Waals surface area contributed by atoms with Crippen LogP contribution in [-0.2, 0) is 5.41 Å². The van der Waals surface area contributed by atoms with Gasteiger partial charge in [-0.1, -0.05) is 170 Å². The van der Waals surface area contributed by atoms with Crippen molar-refractivity contribution in [2.45, 2.75) is 5.41 Å². The predicted molar refractivity (Wildman–Crippen MR) is 240 cm³/mol. The van der Waals surface area contributed by atoms with Gasteiger partial charge in [0.2, 0.25) is 0 Å². The minimum atomic E-state index is -0.730. The average molecular weight is 827 g/mol. The Labute approximate surface area is 334 Å². The highest BCUT2D eigenvalue weighted by Gasteiger charge is 2.51. The number of para-hydroxylation sites is 2. The molecule has 56 heavy (non-hydrogen) atoms. The third-order valence-corrected chi connectivity index (χ3v) is 14.4. The number of furan rings is 1. The molecule has 12 rings (SSSR count). The molecule has 0 N–H and O–H groups in total. The maximum absolute atomic E-state index is 6.55. The molecule has 0 unspecified atom stereocenters. The number of amidine groups is 1. The van der Waals surface area contributed by atoms with Crippen LogP contribution in [0.2, 0.25) is 0 Å². The molecule has 0 bridgehead atoms. The van der Waals surface area contributed by atoms with Crippen LogP contribution in [-0.4, -0.2) is 13.2 Å². The van der Waals surface area contributed by atoms with Crippen LogP contribution in [0.15, 0.2) is 202 Å². The van der Waals surface area contributed by atoms with Crippen molar-refractivity contribution in [3.63, 3.8) is 0 Å². The molecule has 0 saturated heterocycles. The van der Waals surface area contributed by atoms with E-state index in [2.05, 4.69) is 176 Å². The van der Waals surface area contributed by atoms with Crippen molar-refractivity contribution in [2.75, 3.05) is 0 Å². The van der Waals surface area contributed by atoms with E-state index in [1.165, 1.54) is 44.5 Å². The minimum absolute atomic E-state index is 0.370. The fourth-order valence-electron chi connectivity index (χ4n) is 9.37. The molecule has 0 saturated carbocycles. The van der Waals surface area contributed by atoms with E-state index in [1.807, 2.05) is 12.1 Å². The Morgan fingerprint density at radius 2 is 0.946 bits per heavy atom. The highest BCUT2D eigenvalue weighted by molar-refractivity contribution is 14.2. The molecule has 1 spiro atoms. The first-order chi connectivity index (χ1) is 27.8. The lowest BCUT2D eigenvalue weighted by molar-refractivity contribution is 0.668. The van der Waals surface area contributed by atoms with E-state index < -0.39 is 20.7 Å². The quantitative estimate of drug-likeness (QED) is 0.163. The highest BCUT2D eigenvalue weighted by Crippen LogP contribution is 2.63. The molecule has 2 heterocycles. The summed E-state index contributed by atoms with van der Waals surface area (Å²) in [5.41, 5.74) is 17.4. The van der Waals surface area contributed by atoms with Gasteiger partial charge in [0.25, 0.3) is 0 Å². The third-order valence-electron chi connectivity index (χ3n) is 11.7. The zero-order chi connectivity index (χ0) is 36.8. The second-order valence-electron chi connectivity index (χ2n) is 14.6. The minimum Gasteiger partial charge on any atom is -0.455 e. The zero-order valence-electron chi connectivity index (χ0n) is 30.1. The van der Waals surface area contributed by atoms with Gasteiger partial charge in [0.1, 0.15) is 18.5 Å². The topological polar surface area (TPSA) is 37.9 Å². The van der Waals surface area contributed by atoms with Gasteiger partial charge in [0.05, 0.1) is 5.41 Å². The molecule has 0 amide bonds. The summed E-state index contributed by atoms with van der Waals surface area (Å²) in [5, 5.41) is 2.23. The zero-order valence-corrected chi connectivity index (χ0v) is 32.2. The van der Waals surface area contributed by atoms with Crippen LogP contribution in [0.1, 0.15) is 38.9 Å². The summed E-state index contributed by atoms with van der Waals surface area (Å²) >= 11 is -0.730. The van der Waals surface area contributed by atoms with Crippen molar-refractivity contribution in [1.29, 1.82) is 0 Å². The Balaban J connectivity index is 1.05. The molecule has 1 aliphatic heterocycles. The monoisotopic (exact) mass is 826 g/mol. The fraction of sp³-hybridized carbons (Fsp3) is 0.0192. The van der Waals surface area contributed by atoms with Gasteiger partial charge in [-0.3, -0.25) is 0 Å². The molecular weight excluding hydrogens is 795 g/mol. The predicted octanol–water partition coefficient (Wildman–Crippen LogP) is 13.0. The Morgan fingerprint density at radius 3 is 1.68 bits per heavy atom. The van der Waals surface area contributed by atoms with Crippen molar-refractivity contribution >= 4 is 55.9 Å². The molecule has 262 valence electrons. The summed E-state index contributed by atoms with van der Waals surface area (Å²) in [7, 11) is 0. The van der Waals surface area contributed by atoms with E-state index in [1.54, 1.807) is 0 Å². The van der Waals surface area contributed by atoms with Crippen LogP contribution >= 0.6 is 20.7 Å². The van der Waals surface area contributed by atoms with Crippen LogP contribution in [0.25, 0.3) is 55.3 Å². The van der Waals surface area contributed by atoms with Crippen molar-refractivity contribution in [3.8, 4) is 33.4 Å². The van der Waals surface area contributed by atoms with Crippen LogP contribution in [0.4, 0.5) is 0 Å². The maximum atomic E-state index is 6.55. The Kier molecular flexibility index (Phi) is 6.96. The summed E-state index contributed by atoms with van der Waals surface area (Å²) in [5.74, 6) is 0.726. The lowest BCUT2D eigenvalue weighted by Gasteiger charge is -2.30. The number of benzene rings is 8. The number of aliphatic imine (C=N–C) groups is 2. The number of hydrogen-bond acceptors (Lipinski definition) is 3. The largest absolute Gasteiger partial charge is 0.455 e. The van der Waals surface area contributed by atoms with Gasteiger partial charge in [-0.2, -0.15) is 0 Å². The van der Waals surface area contributed by atoms with Crippen molar-refractivity contribution in [2.24, 2.45) is 9.98 Å². The molecule has 0 fully saturated rings. The molecular formula is C52H31IN2O. The molecule has 3 aliphatic rings. The van der Waals surface area contributed by atoms with E-state index in [9.17, 15) is 0 Å². The van der Waals surface area contributed by atoms with Crippen molar-refractivity contribution in [1.82, 2.24) is 0 Å². The van der Waals surface area contributed by atoms with Gasteiger partial charge in [0, 0.05) is 27.5 Å². The molecule has 4 heteroatoms. The molecule has 9 aromatic rings. The smallest absolute Gasteiger partial charge is 0.162 e. The Hall–Kier alpha value is -6.50. The van der Waals surface area contributed by atoms with Crippen molar-refractivity contribution in [3.05, 3.63) is 227 Å². The third kappa shape index (κ3) is 4.47. The molecule has 8 aromatic carbocycles. The first-order valence-corrected chi connectivity index (χ1v) is 21.1. The lowest BCUT2D eigenvalue weighted by Crippen LogP contribution is -2.25. The molecule has 3 nitrogen and oxygen atoms in total. The van der Waals surface area contributed by atoms with E-state index >= 15 is 0 Å². The van der Waals surface area contributed by atoms with E-state index in [0.717, 1.165) is 62.9 Å². The van der Waals surface area contributed by atoms with E-state index in [0.29, 0.717) is 0 Å². The molecule has 1 aromatic heterocycles. The van der Waals surface area contributed by atoms with Crippen LogP contribution < -0.4 is 0 Å². The Bertz CT molecular complexity index is 3160. The summed E-state index contributed by atoms with van der Waals surface area (Å²) < 4.78 is 8.70. The first kappa shape index (κ1) is 31.8. The maximum Gasteiger partial charge on any atom is 0.162 e. The Morgan fingerprint density at radius 1 is 0.393 bits per heavy atom. The summed E-state index contributed by atoms with van der Waals surface area (Å²) in [6.07, 6.45) is 0. The van der Waals surface area contributed by atoms with E-state index in [-0.39, 0.29) is 5.41 Å². The van der Waals surface area contributed by atoms with Gasteiger partial charge < -0.3 is 4.42 Å². The van der Waals surface area contributed by atoms with Gasteiger partial charge in [-0.05, 0) is 94.6 Å². The van der Waals surface area contributed by atoms with E-state index in [4.69, 9.17) is 14.4 Å². The fourth-order valence-corrected chi connectivity index (χ4v) is 11.9.